The zero-order valence-corrected chi connectivity index (χ0v) is 15.3. The van der Waals surface area contributed by atoms with Crippen molar-refractivity contribution in [3.63, 3.8) is 0 Å². The number of imidazole rings is 1. The van der Waals surface area contributed by atoms with Crippen molar-refractivity contribution in [2.45, 2.75) is 45.9 Å². The summed E-state index contributed by atoms with van der Waals surface area (Å²) in [7, 11) is -4.01. The van der Waals surface area contributed by atoms with Crippen LogP contribution in [0, 0.1) is 0 Å². The van der Waals surface area contributed by atoms with Crippen molar-refractivity contribution in [2.75, 3.05) is 5.75 Å². The van der Waals surface area contributed by atoms with Gasteiger partial charge in [0.1, 0.15) is 11.4 Å². The number of aromatic nitrogens is 2. The first-order chi connectivity index (χ1) is 11.6. The number of alkyl carbamates (subject to hydrolysis) is 1. The predicted octanol–water partition coefficient (Wildman–Crippen LogP) is 2.34. The number of nitrogens with zero attached hydrogens (tertiary/aromatic N) is 2. The topological polar surface area (TPSA) is 111 Å². The molecule has 0 atom stereocenters. The molecule has 0 saturated heterocycles. The molecule has 2 aromatic rings. The lowest BCUT2D eigenvalue weighted by molar-refractivity contribution is 0.0521. The van der Waals surface area contributed by atoms with Gasteiger partial charge in [-0.2, -0.15) is 8.42 Å². The van der Waals surface area contributed by atoms with E-state index >= 15 is 0 Å². The summed E-state index contributed by atoms with van der Waals surface area (Å²) in [6.07, 6.45) is -0.317. The average molecular weight is 369 g/mol. The monoisotopic (exact) mass is 369 g/mol. The molecule has 8 nitrogen and oxygen atoms in total. The number of ether oxygens (including phenoxy) is 1. The van der Waals surface area contributed by atoms with Gasteiger partial charge in [-0.25, -0.2) is 9.78 Å². The number of para-hydroxylation sites is 2. The molecule has 0 aliphatic carbocycles. The second kappa shape index (κ2) is 7.40. The number of nitrogens with one attached hydrogen (secondary N) is 1. The van der Waals surface area contributed by atoms with E-state index in [1.165, 1.54) is 0 Å². The molecule has 0 aliphatic rings. The highest BCUT2D eigenvalue weighted by atomic mass is 32.2. The summed E-state index contributed by atoms with van der Waals surface area (Å²) in [4.78, 5) is 16.3. The number of carbonyl (C=O) groups excluding carboxylic acids is 1. The second-order valence-electron chi connectivity index (χ2n) is 6.66. The highest BCUT2D eigenvalue weighted by molar-refractivity contribution is 7.85. The van der Waals surface area contributed by atoms with Gasteiger partial charge in [-0.05, 0) is 39.3 Å². The highest BCUT2D eigenvalue weighted by Crippen LogP contribution is 2.17. The normalized spacial score (nSPS) is 12.3. The molecular weight excluding hydrogens is 346 g/mol. The summed E-state index contributed by atoms with van der Waals surface area (Å²) in [5.41, 5.74) is 0.980. The second-order valence-corrected chi connectivity index (χ2v) is 8.24. The van der Waals surface area contributed by atoms with E-state index in [1.807, 2.05) is 28.8 Å². The summed E-state index contributed by atoms with van der Waals surface area (Å²) in [6.45, 7) is 5.83. The summed E-state index contributed by atoms with van der Waals surface area (Å²) >= 11 is 0. The summed E-state index contributed by atoms with van der Waals surface area (Å²) in [5, 5.41) is 2.65. The Kier molecular flexibility index (Phi) is 5.69. The van der Waals surface area contributed by atoms with Crippen LogP contribution in [0.3, 0.4) is 0 Å². The molecule has 138 valence electrons. The molecule has 1 heterocycles. The summed E-state index contributed by atoms with van der Waals surface area (Å²) in [5.74, 6) is 0.251. The highest BCUT2D eigenvalue weighted by Gasteiger charge is 2.17. The Balaban J connectivity index is 2.15. The minimum Gasteiger partial charge on any atom is -0.444 e. The van der Waals surface area contributed by atoms with E-state index in [-0.39, 0.29) is 18.7 Å². The zero-order chi connectivity index (χ0) is 18.7. The van der Waals surface area contributed by atoms with Crippen molar-refractivity contribution in [1.82, 2.24) is 14.9 Å². The van der Waals surface area contributed by atoms with Gasteiger partial charge in [-0.15, -0.1) is 0 Å². The van der Waals surface area contributed by atoms with Crippen LogP contribution < -0.4 is 5.32 Å². The lowest BCUT2D eigenvalue weighted by Crippen LogP contribution is -2.32. The summed E-state index contributed by atoms with van der Waals surface area (Å²) in [6, 6.07) is 7.41. The van der Waals surface area contributed by atoms with E-state index in [0.717, 1.165) is 11.0 Å². The molecule has 0 fully saturated rings. The maximum absolute atomic E-state index is 11.8. The Morgan fingerprint density at radius 1 is 1.32 bits per heavy atom. The lowest BCUT2D eigenvalue weighted by Gasteiger charge is -2.19. The van der Waals surface area contributed by atoms with Gasteiger partial charge in [0, 0.05) is 6.54 Å². The Bertz CT molecular complexity index is 852. The number of carbonyl (C=O) groups is 1. The maximum atomic E-state index is 11.8. The lowest BCUT2D eigenvalue weighted by atomic mass is 10.2. The SMILES string of the molecule is CC(C)(C)OC(=O)NCc1nc2ccccc2n1CCCS(=O)(=O)O. The molecule has 0 radical (unpaired) electrons. The van der Waals surface area contributed by atoms with Crippen LogP contribution in [-0.2, 0) is 27.9 Å². The largest absolute Gasteiger partial charge is 0.444 e. The molecule has 2 rings (SSSR count). The molecule has 9 heteroatoms. The minimum absolute atomic E-state index is 0.148. The fraction of sp³-hybridized carbons (Fsp3) is 0.500. The molecule has 2 N–H and O–H groups in total. The van der Waals surface area contributed by atoms with E-state index in [4.69, 9.17) is 9.29 Å². The van der Waals surface area contributed by atoms with E-state index < -0.39 is 21.8 Å². The number of amides is 1. The molecule has 0 aliphatic heterocycles. The first-order valence-electron chi connectivity index (χ1n) is 7.91. The van der Waals surface area contributed by atoms with Crippen LogP contribution in [0.25, 0.3) is 11.0 Å². The molecular formula is C16H23N3O5S. The van der Waals surface area contributed by atoms with Crippen LogP contribution in [0.15, 0.2) is 24.3 Å². The Morgan fingerprint density at radius 3 is 2.64 bits per heavy atom. The third-order valence-electron chi connectivity index (χ3n) is 3.31. The van der Waals surface area contributed by atoms with Gasteiger partial charge in [0.05, 0.1) is 23.3 Å². The molecule has 0 saturated carbocycles. The van der Waals surface area contributed by atoms with Crippen LogP contribution in [-0.4, -0.2) is 40.0 Å². The third kappa shape index (κ3) is 6.02. The Morgan fingerprint density at radius 2 is 2.00 bits per heavy atom. The fourth-order valence-corrected chi connectivity index (χ4v) is 2.87. The van der Waals surface area contributed by atoms with Gasteiger partial charge < -0.3 is 14.6 Å². The van der Waals surface area contributed by atoms with Crippen molar-refractivity contribution < 1.29 is 22.5 Å². The molecule has 0 spiro atoms. The molecule has 1 aromatic heterocycles. The van der Waals surface area contributed by atoms with Crippen LogP contribution in [0.1, 0.15) is 33.0 Å². The van der Waals surface area contributed by atoms with E-state index in [2.05, 4.69) is 10.3 Å². The average Bonchev–Trinajstić information content (AvgIpc) is 2.80. The van der Waals surface area contributed by atoms with Gasteiger partial charge in [0.2, 0.25) is 0 Å². The molecule has 1 aromatic carbocycles. The van der Waals surface area contributed by atoms with E-state index in [9.17, 15) is 13.2 Å². The predicted molar refractivity (Wildman–Crippen MR) is 93.8 cm³/mol. The van der Waals surface area contributed by atoms with Crippen molar-refractivity contribution in [1.29, 1.82) is 0 Å². The van der Waals surface area contributed by atoms with Crippen LogP contribution in [0.2, 0.25) is 0 Å². The standard InChI is InChI=1S/C16H23N3O5S/c1-16(2,3)24-15(20)17-11-14-18-12-7-4-5-8-13(12)19(14)9-6-10-25(21,22)23/h4-5,7-8H,6,9-11H2,1-3H3,(H,17,20)(H,21,22,23). The maximum Gasteiger partial charge on any atom is 0.408 e. The molecule has 25 heavy (non-hydrogen) atoms. The quantitative estimate of drug-likeness (QED) is 0.756. The first-order valence-corrected chi connectivity index (χ1v) is 9.52. The van der Waals surface area contributed by atoms with Crippen molar-refractivity contribution in [3.05, 3.63) is 30.1 Å². The molecule has 0 unspecified atom stereocenters. The van der Waals surface area contributed by atoms with E-state index in [0.29, 0.717) is 12.4 Å². The summed E-state index contributed by atoms with van der Waals surface area (Å²) < 4.78 is 37.7. The molecule has 1 amide bonds. The fourth-order valence-electron chi connectivity index (χ4n) is 2.38. The number of rotatable bonds is 6. The van der Waals surface area contributed by atoms with Crippen molar-refractivity contribution in [3.8, 4) is 0 Å². The van der Waals surface area contributed by atoms with Crippen LogP contribution in [0.5, 0.6) is 0 Å². The Labute approximate surface area is 146 Å². The van der Waals surface area contributed by atoms with Crippen LogP contribution >= 0.6 is 0 Å². The smallest absolute Gasteiger partial charge is 0.408 e. The van der Waals surface area contributed by atoms with Crippen molar-refractivity contribution >= 4 is 27.2 Å². The van der Waals surface area contributed by atoms with E-state index in [1.54, 1.807) is 20.8 Å². The zero-order valence-electron chi connectivity index (χ0n) is 14.5. The number of hydrogen-bond acceptors (Lipinski definition) is 5. The van der Waals surface area contributed by atoms with Crippen LogP contribution in [0.4, 0.5) is 4.79 Å². The number of benzene rings is 1. The minimum atomic E-state index is -4.01. The first kappa shape index (κ1) is 19.2. The Hall–Kier alpha value is -2.13. The van der Waals surface area contributed by atoms with Gasteiger partial charge in [-0.1, -0.05) is 12.1 Å². The third-order valence-corrected chi connectivity index (χ3v) is 4.11. The van der Waals surface area contributed by atoms with Crippen molar-refractivity contribution in [2.24, 2.45) is 0 Å². The number of fused-ring (bicyclic) bond motifs is 1. The van der Waals surface area contributed by atoms with Gasteiger partial charge in [0.25, 0.3) is 10.1 Å². The van der Waals surface area contributed by atoms with Gasteiger partial charge >= 0.3 is 6.09 Å². The number of hydrogen-bond donors (Lipinski definition) is 2. The van der Waals surface area contributed by atoms with Gasteiger partial charge in [-0.3, -0.25) is 4.55 Å². The molecule has 0 bridgehead atoms. The number of aryl methyl sites for hydroxylation is 1. The van der Waals surface area contributed by atoms with Gasteiger partial charge in [0.15, 0.2) is 0 Å².